The van der Waals surface area contributed by atoms with Crippen LogP contribution in [0.3, 0.4) is 0 Å². The van der Waals surface area contributed by atoms with Crippen LogP contribution in [0.25, 0.3) is 11.0 Å². The molecule has 1 aliphatic heterocycles. The van der Waals surface area contributed by atoms with Crippen molar-refractivity contribution in [1.82, 2.24) is 15.1 Å². The summed E-state index contributed by atoms with van der Waals surface area (Å²) in [6.07, 6.45) is 1.55. The Kier molecular flexibility index (Phi) is 5.74. The number of urea groups is 1. The molecule has 4 rings (SSSR count). The van der Waals surface area contributed by atoms with E-state index in [1.807, 2.05) is 66.4 Å². The first-order valence-corrected chi connectivity index (χ1v) is 10.4. The quantitative estimate of drug-likeness (QED) is 0.659. The van der Waals surface area contributed by atoms with Gasteiger partial charge in [-0.2, -0.15) is 0 Å². The molecule has 1 N–H and O–H groups in total. The van der Waals surface area contributed by atoms with Gasteiger partial charge in [0.05, 0.1) is 6.04 Å². The molecule has 0 radical (unpaired) electrons. The number of likely N-dealkylation sites (tertiary alicyclic amines) is 1. The smallest absolute Gasteiger partial charge is 0.318 e. The molecule has 0 bridgehead atoms. The highest BCUT2D eigenvalue weighted by atomic mass is 16.3. The number of carbonyl (C=O) groups excluding carboxylic acids is 2. The minimum Gasteiger partial charge on any atom is -0.459 e. The highest BCUT2D eigenvalue weighted by Gasteiger charge is 2.22. The van der Waals surface area contributed by atoms with E-state index < -0.39 is 0 Å². The number of nitrogens with one attached hydrogen (secondary N) is 1. The van der Waals surface area contributed by atoms with E-state index in [1.165, 1.54) is 0 Å². The van der Waals surface area contributed by atoms with Crippen molar-refractivity contribution in [2.45, 2.75) is 38.9 Å². The molecule has 3 amide bonds. The predicted molar refractivity (Wildman–Crippen MR) is 116 cm³/mol. The molecule has 156 valence electrons. The monoisotopic (exact) mass is 405 g/mol. The van der Waals surface area contributed by atoms with Crippen LogP contribution >= 0.6 is 0 Å². The number of furan rings is 1. The third-order valence-electron chi connectivity index (χ3n) is 5.84. The Bertz CT molecular complexity index is 1030. The second-order valence-corrected chi connectivity index (χ2v) is 7.82. The van der Waals surface area contributed by atoms with Crippen molar-refractivity contribution in [2.24, 2.45) is 0 Å². The van der Waals surface area contributed by atoms with E-state index in [-0.39, 0.29) is 18.0 Å². The lowest BCUT2D eigenvalue weighted by Crippen LogP contribution is -2.38. The van der Waals surface area contributed by atoms with Crippen LogP contribution in [0.2, 0.25) is 0 Å². The average molecular weight is 405 g/mol. The Hall–Kier alpha value is -3.28. The SMILES string of the molecule is C[C@@H](c1cc2ccccc2o1)N(C)C(=O)NCc1ccccc1CN1CCCC1=O. The van der Waals surface area contributed by atoms with Gasteiger partial charge >= 0.3 is 6.03 Å². The van der Waals surface area contributed by atoms with Gasteiger partial charge in [0.1, 0.15) is 11.3 Å². The highest BCUT2D eigenvalue weighted by molar-refractivity contribution is 5.79. The molecule has 0 aliphatic carbocycles. The Morgan fingerprint density at radius 2 is 1.90 bits per heavy atom. The van der Waals surface area contributed by atoms with E-state index in [2.05, 4.69) is 5.32 Å². The van der Waals surface area contributed by atoms with Crippen molar-refractivity contribution in [3.8, 4) is 0 Å². The van der Waals surface area contributed by atoms with Crippen LogP contribution in [-0.2, 0) is 17.9 Å². The second-order valence-electron chi connectivity index (χ2n) is 7.82. The number of fused-ring (bicyclic) bond motifs is 1. The fourth-order valence-electron chi connectivity index (χ4n) is 3.83. The van der Waals surface area contributed by atoms with Crippen molar-refractivity contribution in [1.29, 1.82) is 0 Å². The van der Waals surface area contributed by atoms with Gasteiger partial charge in [0.25, 0.3) is 0 Å². The van der Waals surface area contributed by atoms with E-state index in [4.69, 9.17) is 4.42 Å². The van der Waals surface area contributed by atoms with Crippen molar-refractivity contribution in [3.05, 3.63) is 71.5 Å². The molecule has 3 aromatic rings. The molecule has 0 saturated carbocycles. The maximum Gasteiger partial charge on any atom is 0.318 e. The largest absolute Gasteiger partial charge is 0.459 e. The fourth-order valence-corrected chi connectivity index (χ4v) is 3.83. The minimum absolute atomic E-state index is 0.171. The summed E-state index contributed by atoms with van der Waals surface area (Å²) < 4.78 is 5.91. The number of para-hydroxylation sites is 1. The molecule has 2 aromatic carbocycles. The van der Waals surface area contributed by atoms with Gasteiger partial charge in [-0.25, -0.2) is 4.79 Å². The maximum atomic E-state index is 12.8. The molecule has 1 fully saturated rings. The minimum atomic E-state index is -0.199. The van der Waals surface area contributed by atoms with Gasteiger partial charge in [0.15, 0.2) is 0 Å². The lowest BCUT2D eigenvalue weighted by atomic mass is 10.1. The summed E-state index contributed by atoms with van der Waals surface area (Å²) >= 11 is 0. The lowest BCUT2D eigenvalue weighted by Gasteiger charge is -2.24. The Morgan fingerprint density at radius 1 is 1.17 bits per heavy atom. The number of hydrogen-bond donors (Lipinski definition) is 1. The molecule has 2 heterocycles. The molecule has 0 unspecified atom stereocenters. The van der Waals surface area contributed by atoms with Crippen LogP contribution < -0.4 is 5.32 Å². The molecule has 30 heavy (non-hydrogen) atoms. The zero-order valence-electron chi connectivity index (χ0n) is 17.4. The predicted octanol–water partition coefficient (Wildman–Crippen LogP) is 4.46. The zero-order valence-corrected chi connectivity index (χ0v) is 17.4. The topological polar surface area (TPSA) is 65.8 Å². The Labute approximate surface area is 176 Å². The third-order valence-corrected chi connectivity index (χ3v) is 5.84. The number of amides is 3. The summed E-state index contributed by atoms with van der Waals surface area (Å²) in [5.41, 5.74) is 2.91. The first-order valence-electron chi connectivity index (χ1n) is 10.4. The van der Waals surface area contributed by atoms with Crippen molar-refractivity contribution >= 4 is 22.9 Å². The molecule has 6 heteroatoms. The third kappa shape index (κ3) is 4.17. The van der Waals surface area contributed by atoms with E-state index in [0.29, 0.717) is 19.5 Å². The van der Waals surface area contributed by atoms with Crippen molar-refractivity contribution < 1.29 is 14.0 Å². The van der Waals surface area contributed by atoms with Gasteiger partial charge in [0, 0.05) is 38.5 Å². The van der Waals surface area contributed by atoms with Crippen LogP contribution in [0.1, 0.15) is 42.7 Å². The number of hydrogen-bond acceptors (Lipinski definition) is 3. The zero-order chi connectivity index (χ0) is 21.1. The number of nitrogens with zero attached hydrogens (tertiary/aromatic N) is 2. The molecular weight excluding hydrogens is 378 g/mol. The van der Waals surface area contributed by atoms with Gasteiger partial charge in [-0.05, 0) is 36.6 Å². The first-order chi connectivity index (χ1) is 14.5. The molecule has 6 nitrogen and oxygen atoms in total. The standard InChI is InChI=1S/C24H27N3O3/c1-17(22-14-18-8-5-6-11-21(18)30-22)26(2)24(29)25-15-19-9-3-4-10-20(19)16-27-13-7-12-23(27)28/h3-6,8-11,14,17H,7,12-13,15-16H2,1-2H3,(H,25,29)/t17-/m0/s1. The molecule has 1 aliphatic rings. The van der Waals surface area contributed by atoms with Gasteiger partial charge in [-0.1, -0.05) is 42.5 Å². The Balaban J connectivity index is 1.40. The van der Waals surface area contributed by atoms with Crippen LogP contribution in [0, 0.1) is 0 Å². The number of carbonyl (C=O) groups is 2. The average Bonchev–Trinajstić information content (AvgIpc) is 3.38. The number of benzene rings is 2. The summed E-state index contributed by atoms with van der Waals surface area (Å²) in [5, 5.41) is 4.03. The van der Waals surface area contributed by atoms with Crippen LogP contribution in [0.4, 0.5) is 4.79 Å². The maximum absolute atomic E-state index is 12.8. The molecular formula is C24H27N3O3. The fraction of sp³-hybridized carbons (Fsp3) is 0.333. The first kappa shape index (κ1) is 20.0. The van der Waals surface area contributed by atoms with E-state index in [9.17, 15) is 9.59 Å². The van der Waals surface area contributed by atoms with Crippen molar-refractivity contribution in [2.75, 3.05) is 13.6 Å². The van der Waals surface area contributed by atoms with Gasteiger partial charge in [0.2, 0.25) is 5.91 Å². The lowest BCUT2D eigenvalue weighted by molar-refractivity contribution is -0.128. The van der Waals surface area contributed by atoms with Crippen molar-refractivity contribution in [3.63, 3.8) is 0 Å². The highest BCUT2D eigenvalue weighted by Crippen LogP contribution is 2.26. The number of rotatable bonds is 6. The van der Waals surface area contributed by atoms with E-state index in [0.717, 1.165) is 40.8 Å². The second kappa shape index (κ2) is 8.61. The summed E-state index contributed by atoms with van der Waals surface area (Å²) in [7, 11) is 1.77. The van der Waals surface area contributed by atoms with Gasteiger partial charge in [-0.3, -0.25) is 4.79 Å². The van der Waals surface area contributed by atoms with E-state index in [1.54, 1.807) is 11.9 Å². The molecule has 0 spiro atoms. The van der Waals surface area contributed by atoms with Gasteiger partial charge < -0.3 is 19.5 Å². The molecule has 1 atom stereocenters. The van der Waals surface area contributed by atoms with Crippen LogP contribution in [-0.4, -0.2) is 35.3 Å². The summed E-state index contributed by atoms with van der Waals surface area (Å²) in [6, 6.07) is 17.4. The Morgan fingerprint density at radius 3 is 2.63 bits per heavy atom. The van der Waals surface area contributed by atoms with Gasteiger partial charge in [-0.15, -0.1) is 0 Å². The summed E-state index contributed by atoms with van der Waals surface area (Å²) in [6.45, 7) is 3.76. The summed E-state index contributed by atoms with van der Waals surface area (Å²) in [5.74, 6) is 0.954. The van der Waals surface area contributed by atoms with Crippen LogP contribution in [0.15, 0.2) is 59.0 Å². The summed E-state index contributed by atoms with van der Waals surface area (Å²) in [4.78, 5) is 28.3. The molecule has 1 saturated heterocycles. The van der Waals surface area contributed by atoms with E-state index >= 15 is 0 Å². The normalized spacial score (nSPS) is 14.9. The van der Waals surface area contributed by atoms with Crippen LogP contribution in [0.5, 0.6) is 0 Å². The molecule has 1 aromatic heterocycles.